The van der Waals surface area contributed by atoms with Gasteiger partial charge in [-0.3, -0.25) is 9.59 Å². The molecule has 0 aromatic heterocycles. The van der Waals surface area contributed by atoms with Gasteiger partial charge < -0.3 is 30.1 Å². The second kappa shape index (κ2) is 8.89. The van der Waals surface area contributed by atoms with Gasteiger partial charge in [-0.2, -0.15) is 0 Å². The van der Waals surface area contributed by atoms with Crippen molar-refractivity contribution in [3.8, 4) is 0 Å². The molecule has 4 atom stereocenters. The van der Waals surface area contributed by atoms with Crippen molar-refractivity contribution in [3.05, 3.63) is 29.8 Å². The Kier molecular flexibility index (Phi) is 6.53. The predicted molar refractivity (Wildman–Crippen MR) is 104 cm³/mol. The van der Waals surface area contributed by atoms with Gasteiger partial charge in [0.1, 0.15) is 18.3 Å². The van der Waals surface area contributed by atoms with Crippen LogP contribution in [-0.2, 0) is 9.53 Å². The van der Waals surface area contributed by atoms with E-state index in [4.69, 9.17) is 4.74 Å². The second-order valence-electron chi connectivity index (χ2n) is 7.64. The highest BCUT2D eigenvalue weighted by Gasteiger charge is 2.43. The first-order valence-electron chi connectivity index (χ1n) is 9.72. The zero-order valence-electron chi connectivity index (χ0n) is 16.4. The number of aliphatic hydroxyl groups excluding tert-OH is 2. The van der Waals surface area contributed by atoms with Gasteiger partial charge in [0.05, 0.1) is 12.5 Å². The maximum Gasteiger partial charge on any atom is 0.251 e. The van der Waals surface area contributed by atoms with Gasteiger partial charge in [-0.15, -0.1) is 0 Å². The highest BCUT2D eigenvalue weighted by Crippen LogP contribution is 2.25. The highest BCUT2D eigenvalue weighted by atomic mass is 16.5. The molecule has 0 saturated carbocycles. The Labute approximate surface area is 165 Å². The third-order valence-electron chi connectivity index (χ3n) is 5.41. The number of nitrogens with zero attached hydrogens (tertiary/aromatic N) is 2. The molecule has 1 aromatic carbocycles. The van der Waals surface area contributed by atoms with Crippen LogP contribution in [0.15, 0.2) is 24.3 Å². The normalized spacial score (nSPS) is 27.1. The lowest BCUT2D eigenvalue weighted by atomic mass is 10.0. The van der Waals surface area contributed by atoms with E-state index >= 15 is 0 Å². The number of carbonyl (C=O) groups excluding carboxylic acids is 2. The molecule has 0 radical (unpaired) electrons. The summed E-state index contributed by atoms with van der Waals surface area (Å²) in [6.07, 6.45) is -1.78. The topological polar surface area (TPSA) is 102 Å². The monoisotopic (exact) mass is 391 g/mol. The molecule has 154 valence electrons. The molecule has 0 aliphatic carbocycles. The summed E-state index contributed by atoms with van der Waals surface area (Å²) >= 11 is 0. The van der Waals surface area contributed by atoms with E-state index in [2.05, 4.69) is 5.32 Å². The first kappa shape index (κ1) is 20.6. The van der Waals surface area contributed by atoms with Crippen molar-refractivity contribution < 1.29 is 24.5 Å². The molecule has 2 heterocycles. The first-order chi connectivity index (χ1) is 13.4. The third kappa shape index (κ3) is 4.63. The molecule has 8 heteroatoms. The summed E-state index contributed by atoms with van der Waals surface area (Å²) in [5.74, 6) is -0.355. The average molecular weight is 391 g/mol. The molecule has 0 unspecified atom stereocenters. The van der Waals surface area contributed by atoms with E-state index in [1.54, 1.807) is 17.0 Å². The molecule has 0 bridgehead atoms. The second-order valence-corrected chi connectivity index (χ2v) is 7.64. The molecule has 0 spiro atoms. The number of hydrogen-bond donors (Lipinski definition) is 3. The van der Waals surface area contributed by atoms with Crippen LogP contribution in [0.4, 0.5) is 5.69 Å². The number of rotatable bonds is 6. The number of hydrogen-bond acceptors (Lipinski definition) is 6. The van der Waals surface area contributed by atoms with E-state index in [0.717, 1.165) is 31.6 Å². The Morgan fingerprint density at radius 1 is 1.11 bits per heavy atom. The van der Waals surface area contributed by atoms with E-state index in [1.807, 2.05) is 31.1 Å². The molecule has 3 rings (SSSR count). The molecule has 8 nitrogen and oxygen atoms in total. The van der Waals surface area contributed by atoms with Gasteiger partial charge in [0, 0.05) is 45.0 Å². The summed E-state index contributed by atoms with van der Waals surface area (Å²) in [5, 5.41) is 23.2. The van der Waals surface area contributed by atoms with Crippen molar-refractivity contribution in [3.63, 3.8) is 0 Å². The molecule has 1 aromatic rings. The Hall–Kier alpha value is -2.16. The average Bonchev–Trinajstić information content (AvgIpc) is 3.31. The molecule has 3 N–H and O–H groups in total. The lowest BCUT2D eigenvalue weighted by molar-refractivity contribution is -0.134. The maximum atomic E-state index is 12.3. The zero-order chi connectivity index (χ0) is 20.3. The van der Waals surface area contributed by atoms with Crippen LogP contribution in [-0.4, -0.2) is 85.1 Å². The van der Waals surface area contributed by atoms with Crippen LogP contribution in [0.1, 0.15) is 29.6 Å². The van der Waals surface area contributed by atoms with Crippen molar-refractivity contribution in [2.24, 2.45) is 0 Å². The van der Waals surface area contributed by atoms with Gasteiger partial charge in [-0.05, 0) is 37.1 Å². The molecular weight excluding hydrogens is 362 g/mol. The largest absolute Gasteiger partial charge is 0.388 e. The number of benzene rings is 1. The highest BCUT2D eigenvalue weighted by molar-refractivity contribution is 5.94. The number of aliphatic hydroxyl groups is 2. The molecule has 2 aliphatic heterocycles. The molecule has 2 aliphatic rings. The van der Waals surface area contributed by atoms with E-state index < -0.39 is 24.4 Å². The quantitative estimate of drug-likeness (QED) is 0.630. The van der Waals surface area contributed by atoms with Crippen molar-refractivity contribution in [2.75, 3.05) is 38.6 Å². The molecule has 2 amide bonds. The summed E-state index contributed by atoms with van der Waals surface area (Å²) in [6.45, 7) is 1.52. The number of nitrogens with one attached hydrogen (secondary N) is 1. The van der Waals surface area contributed by atoms with Gasteiger partial charge in [-0.1, -0.05) is 0 Å². The van der Waals surface area contributed by atoms with Gasteiger partial charge in [0.2, 0.25) is 5.91 Å². The molecule has 2 saturated heterocycles. The van der Waals surface area contributed by atoms with Crippen LogP contribution in [0.25, 0.3) is 0 Å². The first-order valence-corrected chi connectivity index (χ1v) is 9.72. The van der Waals surface area contributed by atoms with Gasteiger partial charge in [0.25, 0.3) is 5.91 Å². The van der Waals surface area contributed by atoms with E-state index in [1.165, 1.54) is 0 Å². The van der Waals surface area contributed by atoms with Crippen LogP contribution in [0.5, 0.6) is 0 Å². The van der Waals surface area contributed by atoms with E-state index in [-0.39, 0.29) is 24.8 Å². The maximum absolute atomic E-state index is 12.3. The van der Waals surface area contributed by atoms with Crippen LogP contribution >= 0.6 is 0 Å². The Balaban J connectivity index is 1.51. The fraction of sp³-hybridized carbons (Fsp3) is 0.600. The summed E-state index contributed by atoms with van der Waals surface area (Å²) < 4.78 is 5.68. The van der Waals surface area contributed by atoms with E-state index in [9.17, 15) is 19.8 Å². The zero-order valence-corrected chi connectivity index (χ0v) is 16.4. The lowest BCUT2D eigenvalue weighted by Crippen LogP contribution is -2.40. The minimum absolute atomic E-state index is 0.0364. The SMILES string of the molecule is CN(C)c1ccc(C(=O)NC[C@H]2O[C@@H](CC(=O)N3CCCC3)[C@H](O)[C@@H]2O)cc1. The van der Waals surface area contributed by atoms with Crippen LogP contribution in [0.2, 0.25) is 0 Å². The summed E-state index contributed by atoms with van der Waals surface area (Å²) in [7, 11) is 3.84. The summed E-state index contributed by atoms with van der Waals surface area (Å²) in [6, 6.07) is 7.14. The molecular formula is C20H29N3O5. The number of carbonyl (C=O) groups is 2. The number of likely N-dealkylation sites (tertiary alicyclic amines) is 1. The van der Waals surface area contributed by atoms with Gasteiger partial charge in [0.15, 0.2) is 0 Å². The minimum Gasteiger partial charge on any atom is -0.388 e. The molecule has 2 fully saturated rings. The third-order valence-corrected chi connectivity index (χ3v) is 5.41. The van der Waals surface area contributed by atoms with Crippen LogP contribution in [0.3, 0.4) is 0 Å². The predicted octanol–water partition coefficient (Wildman–Crippen LogP) is -0.0159. The van der Waals surface area contributed by atoms with Crippen LogP contribution < -0.4 is 10.2 Å². The smallest absolute Gasteiger partial charge is 0.251 e. The van der Waals surface area contributed by atoms with Gasteiger partial charge >= 0.3 is 0 Å². The lowest BCUT2D eigenvalue weighted by Gasteiger charge is -2.19. The number of anilines is 1. The van der Waals surface area contributed by atoms with Crippen molar-refractivity contribution in [2.45, 2.75) is 43.7 Å². The Morgan fingerprint density at radius 2 is 1.71 bits per heavy atom. The van der Waals surface area contributed by atoms with Crippen molar-refractivity contribution in [1.82, 2.24) is 10.2 Å². The standard InChI is InChI=1S/C20H29N3O5/c1-22(2)14-7-5-13(6-8-14)20(27)21-12-16-19(26)18(25)15(28-16)11-17(24)23-9-3-4-10-23/h5-8,15-16,18-19,25-26H,3-4,9-12H2,1-2H3,(H,21,27)/t15-,16+,18-,19+/m0/s1. The van der Waals surface area contributed by atoms with Crippen molar-refractivity contribution >= 4 is 17.5 Å². The summed E-state index contributed by atoms with van der Waals surface area (Å²) in [5.41, 5.74) is 1.49. The van der Waals surface area contributed by atoms with Crippen LogP contribution in [0, 0.1) is 0 Å². The number of amides is 2. The Morgan fingerprint density at radius 3 is 2.32 bits per heavy atom. The van der Waals surface area contributed by atoms with Gasteiger partial charge in [-0.25, -0.2) is 0 Å². The number of ether oxygens (including phenoxy) is 1. The minimum atomic E-state index is -1.15. The Bertz CT molecular complexity index is 688. The molecule has 28 heavy (non-hydrogen) atoms. The van der Waals surface area contributed by atoms with Crippen molar-refractivity contribution in [1.29, 1.82) is 0 Å². The summed E-state index contributed by atoms with van der Waals surface area (Å²) in [4.78, 5) is 28.3. The fourth-order valence-corrected chi connectivity index (χ4v) is 3.64. The van der Waals surface area contributed by atoms with E-state index in [0.29, 0.717) is 5.56 Å². The fourth-order valence-electron chi connectivity index (χ4n) is 3.64.